The predicted molar refractivity (Wildman–Crippen MR) is 80.8 cm³/mol. The lowest BCUT2D eigenvalue weighted by Gasteiger charge is -2.13. The maximum absolute atomic E-state index is 9.33. The summed E-state index contributed by atoms with van der Waals surface area (Å²) in [5.74, 6) is 0.749. The number of hydrogen-bond donors (Lipinski definition) is 0. The summed E-state index contributed by atoms with van der Waals surface area (Å²) in [7, 11) is 0. The molecule has 0 aliphatic carbocycles. The normalized spacial score (nSPS) is 11.7. The SMILES string of the molecule is Cc1ccc(OCCC(C#N)c2ccccc2C)cc1. The molecule has 0 spiro atoms. The number of ether oxygens (including phenoxy) is 1. The summed E-state index contributed by atoms with van der Waals surface area (Å²) in [6.07, 6.45) is 0.704. The van der Waals surface area contributed by atoms with E-state index in [0.717, 1.165) is 16.9 Å². The minimum atomic E-state index is -0.110. The summed E-state index contributed by atoms with van der Waals surface area (Å²) >= 11 is 0. The largest absolute Gasteiger partial charge is 0.494 e. The van der Waals surface area contributed by atoms with Crippen LogP contribution in [-0.2, 0) is 0 Å². The molecule has 0 amide bonds. The van der Waals surface area contributed by atoms with Crippen molar-refractivity contribution in [2.24, 2.45) is 0 Å². The van der Waals surface area contributed by atoms with Crippen LogP contribution in [0.25, 0.3) is 0 Å². The summed E-state index contributed by atoms with van der Waals surface area (Å²) < 4.78 is 5.70. The molecule has 0 heterocycles. The molecular formula is C18H19NO. The van der Waals surface area contributed by atoms with Gasteiger partial charge >= 0.3 is 0 Å². The van der Waals surface area contributed by atoms with Crippen LogP contribution in [0.5, 0.6) is 5.75 Å². The molecule has 0 fully saturated rings. The van der Waals surface area contributed by atoms with E-state index in [1.54, 1.807) is 0 Å². The maximum atomic E-state index is 9.33. The number of benzene rings is 2. The van der Waals surface area contributed by atoms with Gasteiger partial charge in [0.2, 0.25) is 0 Å². The molecule has 0 radical (unpaired) electrons. The average Bonchev–Trinajstić information content (AvgIpc) is 2.47. The fourth-order valence-corrected chi connectivity index (χ4v) is 2.20. The van der Waals surface area contributed by atoms with Crippen LogP contribution >= 0.6 is 0 Å². The Morgan fingerprint density at radius 3 is 2.40 bits per heavy atom. The average molecular weight is 265 g/mol. The van der Waals surface area contributed by atoms with Gasteiger partial charge < -0.3 is 4.74 Å². The molecule has 2 aromatic rings. The van der Waals surface area contributed by atoms with Gasteiger partial charge in [0.25, 0.3) is 0 Å². The van der Waals surface area contributed by atoms with Crippen molar-refractivity contribution in [2.45, 2.75) is 26.2 Å². The van der Waals surface area contributed by atoms with Gasteiger partial charge in [-0.15, -0.1) is 0 Å². The van der Waals surface area contributed by atoms with E-state index in [4.69, 9.17) is 4.74 Å². The predicted octanol–water partition coefficient (Wildman–Crippen LogP) is 4.38. The van der Waals surface area contributed by atoms with Crippen molar-refractivity contribution >= 4 is 0 Å². The van der Waals surface area contributed by atoms with E-state index in [0.29, 0.717) is 13.0 Å². The van der Waals surface area contributed by atoms with Crippen molar-refractivity contribution in [1.82, 2.24) is 0 Å². The fraction of sp³-hybridized carbons (Fsp3) is 0.278. The van der Waals surface area contributed by atoms with Crippen LogP contribution < -0.4 is 4.74 Å². The van der Waals surface area contributed by atoms with E-state index in [2.05, 4.69) is 6.07 Å². The Balaban J connectivity index is 1.94. The molecule has 0 saturated carbocycles. The minimum absolute atomic E-state index is 0.110. The van der Waals surface area contributed by atoms with Crippen LogP contribution in [0.3, 0.4) is 0 Å². The van der Waals surface area contributed by atoms with Crippen molar-refractivity contribution in [3.63, 3.8) is 0 Å². The standard InChI is InChI=1S/C18H19NO/c1-14-7-9-17(10-8-14)20-12-11-16(13-19)18-6-4-3-5-15(18)2/h3-10,16H,11-12H2,1-2H3. The summed E-state index contributed by atoms with van der Waals surface area (Å²) in [6, 6.07) is 18.4. The summed E-state index contributed by atoms with van der Waals surface area (Å²) in [4.78, 5) is 0. The Hall–Kier alpha value is -2.27. The van der Waals surface area contributed by atoms with Gasteiger partial charge in [0, 0.05) is 6.42 Å². The first-order valence-corrected chi connectivity index (χ1v) is 6.85. The van der Waals surface area contributed by atoms with Gasteiger partial charge in [-0.1, -0.05) is 42.0 Å². The van der Waals surface area contributed by atoms with Crippen LogP contribution in [0.1, 0.15) is 29.0 Å². The number of nitrogens with zero attached hydrogens (tertiary/aromatic N) is 1. The molecule has 0 aliphatic heterocycles. The lowest BCUT2D eigenvalue weighted by atomic mass is 9.94. The monoisotopic (exact) mass is 265 g/mol. The maximum Gasteiger partial charge on any atom is 0.119 e. The van der Waals surface area contributed by atoms with Gasteiger partial charge in [0.1, 0.15) is 5.75 Å². The fourth-order valence-electron chi connectivity index (χ4n) is 2.20. The molecule has 1 atom stereocenters. The molecule has 20 heavy (non-hydrogen) atoms. The first-order valence-electron chi connectivity index (χ1n) is 6.85. The Morgan fingerprint density at radius 2 is 1.75 bits per heavy atom. The molecule has 2 heteroatoms. The molecule has 0 N–H and O–H groups in total. The van der Waals surface area contributed by atoms with Crippen molar-refractivity contribution in [2.75, 3.05) is 6.61 Å². The van der Waals surface area contributed by atoms with Crippen LogP contribution in [0.2, 0.25) is 0 Å². The molecule has 0 aromatic heterocycles. The van der Waals surface area contributed by atoms with Crippen molar-refractivity contribution in [3.8, 4) is 11.8 Å². The third-order valence-corrected chi connectivity index (χ3v) is 3.42. The van der Waals surface area contributed by atoms with Gasteiger partial charge in [-0.3, -0.25) is 0 Å². The second-order valence-electron chi connectivity index (χ2n) is 4.99. The van der Waals surface area contributed by atoms with Crippen molar-refractivity contribution in [3.05, 3.63) is 65.2 Å². The molecule has 2 nitrogen and oxygen atoms in total. The topological polar surface area (TPSA) is 33.0 Å². The van der Waals surface area contributed by atoms with Crippen molar-refractivity contribution < 1.29 is 4.74 Å². The van der Waals surface area contributed by atoms with Gasteiger partial charge in [-0.2, -0.15) is 5.26 Å². The zero-order valence-corrected chi connectivity index (χ0v) is 12.0. The Bertz CT molecular complexity index is 596. The summed E-state index contributed by atoms with van der Waals surface area (Å²) in [5, 5.41) is 9.33. The quantitative estimate of drug-likeness (QED) is 0.803. The van der Waals surface area contributed by atoms with Gasteiger partial charge in [-0.05, 0) is 37.1 Å². The first kappa shape index (κ1) is 14.1. The lowest BCUT2D eigenvalue weighted by Crippen LogP contribution is -2.05. The molecule has 102 valence electrons. The van der Waals surface area contributed by atoms with Crippen LogP contribution in [0.4, 0.5) is 0 Å². The zero-order chi connectivity index (χ0) is 14.4. The number of aryl methyl sites for hydroxylation is 2. The minimum Gasteiger partial charge on any atom is -0.494 e. The molecular weight excluding hydrogens is 246 g/mol. The Kier molecular flexibility index (Phi) is 4.79. The first-order chi connectivity index (χ1) is 9.70. The van der Waals surface area contributed by atoms with Gasteiger partial charge in [0.15, 0.2) is 0 Å². The highest BCUT2D eigenvalue weighted by Crippen LogP contribution is 2.22. The highest BCUT2D eigenvalue weighted by atomic mass is 16.5. The zero-order valence-electron chi connectivity index (χ0n) is 12.0. The smallest absolute Gasteiger partial charge is 0.119 e. The van der Waals surface area contributed by atoms with Crippen LogP contribution in [-0.4, -0.2) is 6.61 Å². The lowest BCUT2D eigenvalue weighted by molar-refractivity contribution is 0.306. The second-order valence-corrected chi connectivity index (χ2v) is 4.99. The molecule has 0 aliphatic rings. The molecule has 0 saturated heterocycles. The van der Waals surface area contributed by atoms with E-state index in [9.17, 15) is 5.26 Å². The highest BCUT2D eigenvalue weighted by Gasteiger charge is 2.12. The van der Waals surface area contributed by atoms with E-state index in [1.807, 2.05) is 62.4 Å². The second kappa shape index (κ2) is 6.77. The molecule has 0 bridgehead atoms. The molecule has 2 aromatic carbocycles. The summed E-state index contributed by atoms with van der Waals surface area (Å²) in [6.45, 7) is 4.64. The Morgan fingerprint density at radius 1 is 1.05 bits per heavy atom. The molecule has 1 unspecified atom stereocenters. The van der Waals surface area contributed by atoms with E-state index in [1.165, 1.54) is 5.56 Å². The third kappa shape index (κ3) is 3.61. The van der Waals surface area contributed by atoms with Gasteiger partial charge in [-0.25, -0.2) is 0 Å². The molecule has 2 rings (SSSR count). The Labute approximate surface area is 120 Å². The van der Waals surface area contributed by atoms with Crippen LogP contribution in [0, 0.1) is 25.2 Å². The number of nitriles is 1. The third-order valence-electron chi connectivity index (χ3n) is 3.42. The summed E-state index contributed by atoms with van der Waals surface area (Å²) in [5.41, 5.74) is 3.48. The van der Waals surface area contributed by atoms with E-state index < -0.39 is 0 Å². The van der Waals surface area contributed by atoms with Gasteiger partial charge in [0.05, 0.1) is 18.6 Å². The van der Waals surface area contributed by atoms with Crippen molar-refractivity contribution in [1.29, 1.82) is 5.26 Å². The van der Waals surface area contributed by atoms with Crippen LogP contribution in [0.15, 0.2) is 48.5 Å². The number of hydrogen-bond acceptors (Lipinski definition) is 2. The number of rotatable bonds is 5. The van der Waals surface area contributed by atoms with E-state index in [-0.39, 0.29) is 5.92 Å². The highest BCUT2D eigenvalue weighted by molar-refractivity contribution is 5.32. The van der Waals surface area contributed by atoms with E-state index >= 15 is 0 Å².